The van der Waals surface area contributed by atoms with Crippen molar-refractivity contribution in [2.75, 3.05) is 19.7 Å². The van der Waals surface area contributed by atoms with Crippen LogP contribution in [0.15, 0.2) is 24.3 Å². The van der Waals surface area contributed by atoms with E-state index in [1.54, 1.807) is 0 Å². The summed E-state index contributed by atoms with van der Waals surface area (Å²) in [5, 5.41) is 9.26. The molecule has 3 heteroatoms. The second kappa shape index (κ2) is 7.28. The number of carbonyl (C=O) groups is 1. The highest BCUT2D eigenvalue weighted by atomic mass is 16.3. The summed E-state index contributed by atoms with van der Waals surface area (Å²) in [5.74, 6) is 1.23. The molecule has 1 saturated carbocycles. The fourth-order valence-corrected chi connectivity index (χ4v) is 3.88. The van der Waals surface area contributed by atoms with Crippen LogP contribution in [0.3, 0.4) is 0 Å². The molecule has 3 nitrogen and oxygen atoms in total. The maximum atomic E-state index is 12.6. The maximum Gasteiger partial charge on any atom is 0.253 e. The van der Waals surface area contributed by atoms with Gasteiger partial charge in [0.2, 0.25) is 0 Å². The number of rotatable bonds is 3. The van der Waals surface area contributed by atoms with Crippen molar-refractivity contribution in [1.82, 2.24) is 4.90 Å². The molecule has 0 spiro atoms. The molecule has 1 aliphatic carbocycles. The SMILES string of the molecule is O=C(c1cccc(C2CCC(CO)CC2)c1)N1CCCCC1. The minimum Gasteiger partial charge on any atom is -0.396 e. The van der Waals surface area contributed by atoms with Crippen LogP contribution in [0.4, 0.5) is 0 Å². The number of piperidine rings is 1. The molecule has 1 heterocycles. The molecule has 1 amide bonds. The van der Waals surface area contributed by atoms with Gasteiger partial charge in [-0.3, -0.25) is 4.79 Å². The van der Waals surface area contributed by atoms with Crippen molar-refractivity contribution in [3.05, 3.63) is 35.4 Å². The highest BCUT2D eigenvalue weighted by Gasteiger charge is 2.23. The summed E-state index contributed by atoms with van der Waals surface area (Å²) in [7, 11) is 0. The molecule has 1 saturated heterocycles. The molecule has 1 aromatic carbocycles. The normalized spacial score (nSPS) is 26.0. The average molecular weight is 301 g/mol. The monoisotopic (exact) mass is 301 g/mol. The van der Waals surface area contributed by atoms with E-state index in [-0.39, 0.29) is 5.91 Å². The second-order valence-corrected chi connectivity index (χ2v) is 6.88. The van der Waals surface area contributed by atoms with Gasteiger partial charge in [0.1, 0.15) is 0 Å². The van der Waals surface area contributed by atoms with Crippen LogP contribution >= 0.6 is 0 Å². The molecule has 0 radical (unpaired) electrons. The molecule has 0 aromatic heterocycles. The number of likely N-dealkylation sites (tertiary alicyclic amines) is 1. The van der Waals surface area contributed by atoms with Gasteiger partial charge in [0.25, 0.3) is 5.91 Å². The molecule has 2 fully saturated rings. The molecule has 3 rings (SSSR count). The molecule has 1 aliphatic heterocycles. The van der Waals surface area contributed by atoms with Gasteiger partial charge < -0.3 is 10.0 Å². The number of aliphatic hydroxyl groups is 1. The van der Waals surface area contributed by atoms with E-state index >= 15 is 0 Å². The molecule has 22 heavy (non-hydrogen) atoms. The van der Waals surface area contributed by atoms with Crippen LogP contribution in [0.5, 0.6) is 0 Å². The summed E-state index contributed by atoms with van der Waals surface area (Å²) in [6, 6.07) is 8.27. The lowest BCUT2D eigenvalue weighted by molar-refractivity contribution is 0.0724. The number of aliphatic hydroxyl groups excluding tert-OH is 1. The minimum atomic E-state index is 0.200. The lowest BCUT2D eigenvalue weighted by atomic mass is 9.79. The van der Waals surface area contributed by atoms with Crippen molar-refractivity contribution < 1.29 is 9.90 Å². The summed E-state index contributed by atoms with van der Waals surface area (Å²) >= 11 is 0. The minimum absolute atomic E-state index is 0.200. The van der Waals surface area contributed by atoms with Crippen LogP contribution < -0.4 is 0 Å². The zero-order valence-corrected chi connectivity index (χ0v) is 13.3. The fraction of sp³-hybridized carbons (Fsp3) is 0.632. The first-order chi connectivity index (χ1) is 10.8. The Morgan fingerprint density at radius 2 is 1.82 bits per heavy atom. The van der Waals surface area contributed by atoms with Crippen molar-refractivity contribution in [3.8, 4) is 0 Å². The highest BCUT2D eigenvalue weighted by molar-refractivity contribution is 5.94. The third-order valence-corrected chi connectivity index (χ3v) is 5.35. The number of carbonyl (C=O) groups excluding carboxylic acids is 1. The van der Waals surface area contributed by atoms with Crippen LogP contribution in [0, 0.1) is 5.92 Å². The molecule has 0 bridgehead atoms. The van der Waals surface area contributed by atoms with E-state index in [0.717, 1.165) is 57.2 Å². The molecule has 2 aliphatic rings. The Bertz CT molecular complexity index is 500. The third kappa shape index (κ3) is 3.52. The van der Waals surface area contributed by atoms with E-state index in [0.29, 0.717) is 18.4 Å². The van der Waals surface area contributed by atoms with E-state index in [9.17, 15) is 9.90 Å². The van der Waals surface area contributed by atoms with Crippen LogP contribution in [-0.2, 0) is 0 Å². The van der Waals surface area contributed by atoms with Gasteiger partial charge in [-0.25, -0.2) is 0 Å². The summed E-state index contributed by atoms with van der Waals surface area (Å²) in [4.78, 5) is 14.6. The Morgan fingerprint density at radius 3 is 2.50 bits per heavy atom. The average Bonchev–Trinajstić information content (AvgIpc) is 2.62. The van der Waals surface area contributed by atoms with Crippen LogP contribution in [0.25, 0.3) is 0 Å². The largest absolute Gasteiger partial charge is 0.396 e. The molecule has 0 unspecified atom stereocenters. The smallest absolute Gasteiger partial charge is 0.253 e. The Kier molecular flexibility index (Phi) is 5.14. The van der Waals surface area contributed by atoms with Crippen molar-refractivity contribution in [1.29, 1.82) is 0 Å². The Hall–Kier alpha value is -1.35. The van der Waals surface area contributed by atoms with Gasteiger partial charge in [-0.2, -0.15) is 0 Å². The van der Waals surface area contributed by atoms with E-state index in [1.807, 2.05) is 17.0 Å². The lowest BCUT2D eigenvalue weighted by Gasteiger charge is -2.29. The number of amides is 1. The topological polar surface area (TPSA) is 40.5 Å². The predicted molar refractivity (Wildman–Crippen MR) is 88.0 cm³/mol. The van der Waals surface area contributed by atoms with Gasteiger partial charge in [-0.15, -0.1) is 0 Å². The fourth-order valence-electron chi connectivity index (χ4n) is 3.88. The maximum absolute atomic E-state index is 12.6. The van der Waals surface area contributed by atoms with Crippen molar-refractivity contribution in [2.24, 2.45) is 5.92 Å². The second-order valence-electron chi connectivity index (χ2n) is 6.88. The van der Waals surface area contributed by atoms with Crippen LogP contribution in [-0.4, -0.2) is 35.6 Å². The summed E-state index contributed by atoms with van der Waals surface area (Å²) in [5.41, 5.74) is 2.16. The first-order valence-electron chi connectivity index (χ1n) is 8.78. The highest BCUT2D eigenvalue weighted by Crippen LogP contribution is 2.35. The van der Waals surface area contributed by atoms with Crippen molar-refractivity contribution >= 4 is 5.91 Å². The first kappa shape index (κ1) is 15.5. The van der Waals surface area contributed by atoms with Gasteiger partial charge in [0.05, 0.1) is 0 Å². The van der Waals surface area contributed by atoms with E-state index in [1.165, 1.54) is 12.0 Å². The van der Waals surface area contributed by atoms with Gasteiger partial charge in [0.15, 0.2) is 0 Å². The molecule has 1 aromatic rings. The summed E-state index contributed by atoms with van der Waals surface area (Å²) in [6.45, 7) is 2.13. The molecule has 1 N–H and O–H groups in total. The Morgan fingerprint density at radius 1 is 1.09 bits per heavy atom. The zero-order chi connectivity index (χ0) is 15.4. The first-order valence-corrected chi connectivity index (χ1v) is 8.78. The molecule has 0 atom stereocenters. The Labute approximate surface area is 133 Å². The van der Waals surface area contributed by atoms with Gasteiger partial charge >= 0.3 is 0 Å². The number of hydrogen-bond acceptors (Lipinski definition) is 2. The summed E-state index contributed by atoms with van der Waals surface area (Å²) < 4.78 is 0. The van der Waals surface area contributed by atoms with Gasteiger partial charge in [-0.1, -0.05) is 12.1 Å². The number of benzene rings is 1. The van der Waals surface area contributed by atoms with Gasteiger partial charge in [0, 0.05) is 25.3 Å². The molecule has 120 valence electrons. The quantitative estimate of drug-likeness (QED) is 0.927. The van der Waals surface area contributed by atoms with Gasteiger partial charge in [-0.05, 0) is 74.5 Å². The van der Waals surface area contributed by atoms with Crippen LogP contribution in [0.2, 0.25) is 0 Å². The number of hydrogen-bond donors (Lipinski definition) is 1. The lowest BCUT2D eigenvalue weighted by Crippen LogP contribution is -2.35. The van der Waals surface area contributed by atoms with E-state index in [4.69, 9.17) is 0 Å². The predicted octanol–water partition coefficient (Wildman–Crippen LogP) is 3.58. The van der Waals surface area contributed by atoms with Crippen LogP contribution in [0.1, 0.15) is 66.8 Å². The van der Waals surface area contributed by atoms with Crippen molar-refractivity contribution in [2.45, 2.75) is 50.9 Å². The molecular formula is C19H27NO2. The molecular weight excluding hydrogens is 274 g/mol. The standard InChI is InChI=1S/C19H27NO2/c21-14-15-7-9-16(10-8-15)17-5-4-6-18(13-17)19(22)20-11-2-1-3-12-20/h4-6,13,15-16,21H,1-3,7-12,14H2. The number of nitrogens with zero attached hydrogens (tertiary/aromatic N) is 1. The third-order valence-electron chi connectivity index (χ3n) is 5.35. The van der Waals surface area contributed by atoms with Crippen molar-refractivity contribution in [3.63, 3.8) is 0 Å². The Balaban J connectivity index is 1.68. The van der Waals surface area contributed by atoms with E-state index in [2.05, 4.69) is 12.1 Å². The zero-order valence-electron chi connectivity index (χ0n) is 13.3. The summed E-state index contributed by atoms with van der Waals surface area (Å²) in [6.07, 6.45) is 7.99. The van der Waals surface area contributed by atoms with E-state index < -0.39 is 0 Å².